The topological polar surface area (TPSA) is 108 Å². The summed E-state index contributed by atoms with van der Waals surface area (Å²) in [6.07, 6.45) is -0.149. The molecule has 2 aromatic carbocycles. The molecule has 35 heavy (non-hydrogen) atoms. The number of rotatable bonds is 8. The van der Waals surface area contributed by atoms with E-state index in [0.717, 1.165) is 5.56 Å². The van der Waals surface area contributed by atoms with Crippen LogP contribution in [0.3, 0.4) is 0 Å². The van der Waals surface area contributed by atoms with Gasteiger partial charge in [0.1, 0.15) is 5.82 Å². The van der Waals surface area contributed by atoms with Crippen LogP contribution < -0.4 is 16.4 Å². The molecule has 192 valence electrons. The fourth-order valence-corrected chi connectivity index (χ4v) is 5.20. The van der Waals surface area contributed by atoms with E-state index in [1.54, 1.807) is 24.3 Å². The first-order valence-electron chi connectivity index (χ1n) is 11.7. The Bertz CT molecular complexity index is 1030. The minimum absolute atomic E-state index is 0.0505. The number of benzene rings is 2. The SMILES string of the molecule is CC(C)(C)C[C@@H]1N[C@@H](C(=O)NCC[C@H](O)CO)[C@H](c2cccc(Cl)c2F)[C@@]1(N)c1ccc(Cl)cc1. The predicted octanol–water partition coefficient (Wildman–Crippen LogP) is 3.71. The van der Waals surface area contributed by atoms with Crippen LogP contribution in [0.5, 0.6) is 0 Å². The molecule has 1 amide bonds. The summed E-state index contributed by atoms with van der Waals surface area (Å²) in [6, 6.07) is 10.5. The maximum absolute atomic E-state index is 15.5. The van der Waals surface area contributed by atoms with E-state index in [9.17, 15) is 9.90 Å². The van der Waals surface area contributed by atoms with Crippen LogP contribution in [0.4, 0.5) is 4.39 Å². The van der Waals surface area contributed by atoms with Crippen molar-refractivity contribution in [3.8, 4) is 0 Å². The fourth-order valence-electron chi connectivity index (χ4n) is 4.89. The largest absolute Gasteiger partial charge is 0.394 e. The van der Waals surface area contributed by atoms with Crippen molar-refractivity contribution in [3.05, 3.63) is 69.5 Å². The van der Waals surface area contributed by atoms with Crippen molar-refractivity contribution in [1.29, 1.82) is 0 Å². The molecule has 9 heteroatoms. The zero-order chi connectivity index (χ0) is 26.0. The van der Waals surface area contributed by atoms with Crippen molar-refractivity contribution in [2.75, 3.05) is 13.2 Å². The molecule has 1 aliphatic rings. The second-order valence-corrected chi connectivity index (χ2v) is 11.3. The number of aliphatic hydroxyl groups is 2. The number of nitrogens with two attached hydrogens (primary N) is 1. The zero-order valence-electron chi connectivity index (χ0n) is 20.2. The molecule has 0 aliphatic carbocycles. The Kier molecular flexibility index (Phi) is 8.84. The van der Waals surface area contributed by atoms with Gasteiger partial charge >= 0.3 is 0 Å². The molecule has 6 nitrogen and oxygen atoms in total. The Morgan fingerprint density at radius 1 is 1.23 bits per heavy atom. The van der Waals surface area contributed by atoms with Gasteiger partial charge in [-0.3, -0.25) is 4.79 Å². The number of hydrogen-bond acceptors (Lipinski definition) is 5. The quantitative estimate of drug-likeness (QED) is 0.361. The zero-order valence-corrected chi connectivity index (χ0v) is 21.7. The van der Waals surface area contributed by atoms with E-state index in [1.807, 2.05) is 12.1 Å². The van der Waals surface area contributed by atoms with E-state index < -0.39 is 36.0 Å². The summed E-state index contributed by atoms with van der Waals surface area (Å²) in [5.41, 5.74) is 6.88. The molecule has 3 rings (SSSR count). The molecule has 0 spiro atoms. The van der Waals surface area contributed by atoms with Crippen molar-refractivity contribution in [2.24, 2.45) is 11.1 Å². The number of amides is 1. The summed E-state index contributed by atoms with van der Waals surface area (Å²) in [5, 5.41) is 25.4. The van der Waals surface area contributed by atoms with Crippen LogP contribution >= 0.6 is 23.2 Å². The highest BCUT2D eigenvalue weighted by Crippen LogP contribution is 2.49. The molecule has 1 heterocycles. The third-order valence-electron chi connectivity index (χ3n) is 6.55. The minimum atomic E-state index is -1.17. The van der Waals surface area contributed by atoms with Crippen molar-refractivity contribution in [2.45, 2.75) is 63.3 Å². The summed E-state index contributed by atoms with van der Waals surface area (Å²) in [6.45, 7) is 5.98. The molecule has 0 saturated carbocycles. The van der Waals surface area contributed by atoms with E-state index in [2.05, 4.69) is 31.4 Å². The normalized spacial score (nSPS) is 25.5. The van der Waals surface area contributed by atoms with Gasteiger partial charge in [-0.2, -0.15) is 0 Å². The molecule has 1 saturated heterocycles. The maximum atomic E-state index is 15.5. The number of aliphatic hydroxyl groups excluding tert-OH is 2. The van der Waals surface area contributed by atoms with Crippen molar-refractivity contribution >= 4 is 29.1 Å². The van der Waals surface area contributed by atoms with Gasteiger partial charge in [0.25, 0.3) is 0 Å². The summed E-state index contributed by atoms with van der Waals surface area (Å²) < 4.78 is 15.5. The molecule has 2 aromatic rings. The Morgan fingerprint density at radius 2 is 1.89 bits per heavy atom. The average Bonchev–Trinajstić information content (AvgIpc) is 3.07. The number of nitrogens with one attached hydrogen (secondary N) is 2. The lowest BCUT2D eigenvalue weighted by molar-refractivity contribution is -0.123. The van der Waals surface area contributed by atoms with Gasteiger partial charge in [0.05, 0.1) is 29.3 Å². The highest BCUT2D eigenvalue weighted by molar-refractivity contribution is 6.31. The van der Waals surface area contributed by atoms with Gasteiger partial charge in [-0.05, 0) is 47.6 Å². The standard InChI is InChI=1S/C26H34Cl2FN3O3/c1-25(2,3)13-20-26(30,15-7-9-16(27)10-8-15)21(18-5-4-6-19(28)22(18)29)23(32-20)24(35)31-12-11-17(34)14-33/h4-10,17,20-21,23,32-34H,11-14,30H2,1-3H3,(H,31,35)/t17-,20-,21-,23+,26+/m0/s1. The van der Waals surface area contributed by atoms with Crippen LogP contribution in [-0.2, 0) is 10.3 Å². The molecular weight excluding hydrogens is 492 g/mol. The molecule has 5 atom stereocenters. The summed E-state index contributed by atoms with van der Waals surface area (Å²) in [5.74, 6) is -1.79. The third-order valence-corrected chi connectivity index (χ3v) is 7.10. The minimum Gasteiger partial charge on any atom is -0.394 e. The fraction of sp³-hybridized carbons (Fsp3) is 0.500. The lowest BCUT2D eigenvalue weighted by Gasteiger charge is -2.39. The number of hydrogen-bond donors (Lipinski definition) is 5. The van der Waals surface area contributed by atoms with Crippen LogP contribution in [0.25, 0.3) is 0 Å². The Hall–Kier alpha value is -1.74. The van der Waals surface area contributed by atoms with E-state index >= 15 is 4.39 Å². The first kappa shape index (κ1) is 27.8. The van der Waals surface area contributed by atoms with Crippen LogP contribution in [0.1, 0.15) is 50.7 Å². The first-order valence-corrected chi connectivity index (χ1v) is 12.5. The molecule has 6 N–H and O–H groups in total. The van der Waals surface area contributed by atoms with Crippen LogP contribution in [-0.4, -0.2) is 47.5 Å². The average molecular weight is 526 g/mol. The van der Waals surface area contributed by atoms with Gasteiger partial charge in [0.15, 0.2) is 0 Å². The third kappa shape index (κ3) is 6.16. The van der Waals surface area contributed by atoms with Gasteiger partial charge in [-0.15, -0.1) is 0 Å². The second kappa shape index (κ2) is 11.1. The van der Waals surface area contributed by atoms with E-state index in [-0.39, 0.29) is 40.9 Å². The van der Waals surface area contributed by atoms with E-state index in [1.165, 1.54) is 6.07 Å². The maximum Gasteiger partial charge on any atom is 0.237 e. The lowest BCUT2D eigenvalue weighted by atomic mass is 9.68. The molecule has 0 bridgehead atoms. The lowest BCUT2D eigenvalue weighted by Crippen LogP contribution is -2.52. The van der Waals surface area contributed by atoms with E-state index in [0.29, 0.717) is 11.4 Å². The summed E-state index contributed by atoms with van der Waals surface area (Å²) in [4.78, 5) is 13.4. The monoisotopic (exact) mass is 525 g/mol. The van der Waals surface area contributed by atoms with Gasteiger partial charge in [0.2, 0.25) is 5.91 Å². The van der Waals surface area contributed by atoms with Crippen molar-refractivity contribution < 1.29 is 19.4 Å². The summed E-state index contributed by atoms with van der Waals surface area (Å²) in [7, 11) is 0. The molecule has 0 radical (unpaired) electrons. The van der Waals surface area contributed by atoms with Crippen LogP contribution in [0.15, 0.2) is 42.5 Å². The Labute approximate surface area is 216 Å². The van der Waals surface area contributed by atoms with Crippen LogP contribution in [0, 0.1) is 11.2 Å². The number of halogens is 3. The highest BCUT2D eigenvalue weighted by Gasteiger charge is 2.57. The van der Waals surface area contributed by atoms with E-state index in [4.69, 9.17) is 34.0 Å². The molecule has 0 aromatic heterocycles. The van der Waals surface area contributed by atoms with Gasteiger partial charge in [-0.25, -0.2) is 4.39 Å². The predicted molar refractivity (Wildman–Crippen MR) is 137 cm³/mol. The Balaban J connectivity index is 2.12. The second-order valence-electron chi connectivity index (χ2n) is 10.4. The van der Waals surface area contributed by atoms with Gasteiger partial charge in [-0.1, -0.05) is 68.2 Å². The molecule has 1 aliphatic heterocycles. The van der Waals surface area contributed by atoms with Crippen LogP contribution in [0.2, 0.25) is 10.0 Å². The molecule has 0 unspecified atom stereocenters. The highest BCUT2D eigenvalue weighted by atomic mass is 35.5. The van der Waals surface area contributed by atoms with Crippen molar-refractivity contribution in [3.63, 3.8) is 0 Å². The molecule has 1 fully saturated rings. The van der Waals surface area contributed by atoms with Crippen molar-refractivity contribution in [1.82, 2.24) is 10.6 Å². The smallest absolute Gasteiger partial charge is 0.237 e. The number of carbonyl (C=O) groups excluding carboxylic acids is 1. The Morgan fingerprint density at radius 3 is 2.49 bits per heavy atom. The van der Waals surface area contributed by atoms with Gasteiger partial charge < -0.3 is 26.6 Å². The summed E-state index contributed by atoms with van der Waals surface area (Å²) >= 11 is 12.3. The molecular formula is C26H34Cl2FN3O3. The van der Waals surface area contributed by atoms with Gasteiger partial charge in [0, 0.05) is 23.5 Å². The first-order chi connectivity index (χ1) is 16.4. The number of carbonyl (C=O) groups is 1.